The van der Waals surface area contributed by atoms with Gasteiger partial charge in [0.2, 0.25) is 0 Å². The molecule has 0 saturated carbocycles. The fraction of sp³-hybridized carbons (Fsp3) is 0.350. The molecule has 0 aliphatic carbocycles. The van der Waals surface area contributed by atoms with Gasteiger partial charge in [0.05, 0.1) is 11.8 Å². The van der Waals surface area contributed by atoms with Crippen molar-refractivity contribution in [3.63, 3.8) is 0 Å². The predicted molar refractivity (Wildman–Crippen MR) is 101 cm³/mol. The van der Waals surface area contributed by atoms with Crippen molar-refractivity contribution in [2.24, 2.45) is 0 Å². The van der Waals surface area contributed by atoms with Crippen LogP contribution in [0.25, 0.3) is 0 Å². The molecule has 0 aliphatic heterocycles. The highest BCUT2D eigenvalue weighted by Crippen LogP contribution is 2.13. The number of hydrogen-bond donors (Lipinski definition) is 1. The highest BCUT2D eigenvalue weighted by atomic mass is 16.5. The number of carbonyl (C=O) groups excluding carboxylic acids is 3. The summed E-state index contributed by atoms with van der Waals surface area (Å²) >= 11 is 0. The van der Waals surface area contributed by atoms with Crippen LogP contribution in [0.2, 0.25) is 0 Å². The van der Waals surface area contributed by atoms with Gasteiger partial charge in [0.25, 0.3) is 11.8 Å². The molecule has 144 valence electrons. The van der Waals surface area contributed by atoms with Crippen LogP contribution in [0.3, 0.4) is 0 Å². The maximum absolute atomic E-state index is 12.2. The normalized spacial score (nSPS) is 10.7. The van der Waals surface area contributed by atoms with Gasteiger partial charge in [-0.05, 0) is 64.1 Å². The molecule has 7 heteroatoms. The molecule has 0 spiro atoms. The van der Waals surface area contributed by atoms with Crippen LogP contribution < -0.4 is 5.32 Å². The summed E-state index contributed by atoms with van der Waals surface area (Å²) in [5.41, 5.74) is 0.800. The predicted octanol–water partition coefficient (Wildman–Crippen LogP) is 3.33. The van der Waals surface area contributed by atoms with E-state index in [0.29, 0.717) is 11.3 Å². The number of hydrogen-bond acceptors (Lipinski definition) is 5. The Morgan fingerprint density at radius 3 is 2.19 bits per heavy atom. The molecule has 0 unspecified atom stereocenters. The lowest BCUT2D eigenvalue weighted by Crippen LogP contribution is -2.44. The Hall–Kier alpha value is -3.09. The van der Waals surface area contributed by atoms with Gasteiger partial charge >= 0.3 is 5.97 Å². The summed E-state index contributed by atoms with van der Waals surface area (Å²) in [4.78, 5) is 38.0. The van der Waals surface area contributed by atoms with E-state index in [-0.39, 0.29) is 36.3 Å². The summed E-state index contributed by atoms with van der Waals surface area (Å²) < 4.78 is 10.1. The minimum absolute atomic E-state index is 0.0215. The van der Waals surface area contributed by atoms with Crippen LogP contribution in [-0.4, -0.2) is 41.4 Å². The number of benzene rings is 1. The molecule has 2 aromatic rings. The summed E-state index contributed by atoms with van der Waals surface area (Å²) in [6.07, 6.45) is 1.41. The number of furan rings is 1. The third-order valence-electron chi connectivity index (χ3n) is 3.85. The first kappa shape index (κ1) is 20.2. The zero-order chi connectivity index (χ0) is 20.0. The Morgan fingerprint density at radius 2 is 1.67 bits per heavy atom. The number of rotatable bonds is 7. The van der Waals surface area contributed by atoms with Gasteiger partial charge in [0.15, 0.2) is 12.4 Å². The molecule has 2 rings (SSSR count). The van der Waals surface area contributed by atoms with E-state index < -0.39 is 5.97 Å². The average Bonchev–Trinajstić information content (AvgIpc) is 3.14. The standard InChI is InChI=1S/C20H24N2O5/c1-13(2)22(14(3)4)18(23)12-27-20(25)15-7-9-16(10-8-15)21-19(24)17-6-5-11-26-17/h5-11,13-14H,12H2,1-4H3,(H,21,24). The zero-order valence-corrected chi connectivity index (χ0v) is 15.9. The number of nitrogens with zero attached hydrogens (tertiary/aromatic N) is 1. The quantitative estimate of drug-likeness (QED) is 0.753. The van der Waals surface area contributed by atoms with Crippen molar-refractivity contribution in [1.29, 1.82) is 0 Å². The fourth-order valence-corrected chi connectivity index (χ4v) is 2.75. The van der Waals surface area contributed by atoms with Crippen molar-refractivity contribution in [3.8, 4) is 0 Å². The minimum Gasteiger partial charge on any atom is -0.459 e. The average molecular weight is 372 g/mol. The molecule has 0 radical (unpaired) electrons. The Kier molecular flexibility index (Phi) is 6.76. The van der Waals surface area contributed by atoms with E-state index in [1.165, 1.54) is 18.4 Å². The van der Waals surface area contributed by atoms with Gasteiger partial charge in [-0.15, -0.1) is 0 Å². The molecule has 0 saturated heterocycles. The Balaban J connectivity index is 1.91. The molecule has 1 aromatic heterocycles. The van der Waals surface area contributed by atoms with Crippen LogP contribution in [0.1, 0.15) is 48.6 Å². The molecular formula is C20H24N2O5. The van der Waals surface area contributed by atoms with Crippen LogP contribution in [-0.2, 0) is 9.53 Å². The second-order valence-electron chi connectivity index (χ2n) is 6.57. The number of ether oxygens (including phenoxy) is 1. The SMILES string of the molecule is CC(C)N(C(=O)COC(=O)c1ccc(NC(=O)c2ccco2)cc1)C(C)C. The van der Waals surface area contributed by atoms with Crippen LogP contribution in [0.15, 0.2) is 47.1 Å². The first-order valence-corrected chi connectivity index (χ1v) is 8.72. The van der Waals surface area contributed by atoms with E-state index in [0.717, 1.165) is 0 Å². The lowest BCUT2D eigenvalue weighted by atomic mass is 10.2. The Morgan fingerprint density at radius 1 is 1.04 bits per heavy atom. The number of carbonyl (C=O) groups is 3. The summed E-state index contributed by atoms with van der Waals surface area (Å²) in [6.45, 7) is 7.34. The second-order valence-corrected chi connectivity index (χ2v) is 6.57. The van der Waals surface area contributed by atoms with E-state index in [4.69, 9.17) is 9.15 Å². The Bertz CT molecular complexity index is 771. The molecule has 7 nitrogen and oxygen atoms in total. The first-order valence-electron chi connectivity index (χ1n) is 8.72. The molecule has 2 amide bonds. The van der Waals surface area contributed by atoms with E-state index in [1.54, 1.807) is 29.2 Å². The third kappa shape index (κ3) is 5.44. The van der Waals surface area contributed by atoms with Crippen LogP contribution in [0.5, 0.6) is 0 Å². The highest BCUT2D eigenvalue weighted by Gasteiger charge is 2.21. The first-order chi connectivity index (χ1) is 12.8. The largest absolute Gasteiger partial charge is 0.459 e. The molecule has 1 aromatic carbocycles. The monoisotopic (exact) mass is 372 g/mol. The lowest BCUT2D eigenvalue weighted by molar-refractivity contribution is -0.138. The van der Waals surface area contributed by atoms with Crippen molar-refractivity contribution < 1.29 is 23.5 Å². The number of nitrogens with one attached hydrogen (secondary N) is 1. The summed E-state index contributed by atoms with van der Waals surface area (Å²) in [7, 11) is 0. The molecule has 0 bridgehead atoms. The minimum atomic E-state index is -0.597. The van der Waals surface area contributed by atoms with Crippen LogP contribution in [0.4, 0.5) is 5.69 Å². The summed E-state index contributed by atoms with van der Waals surface area (Å²) in [6, 6.07) is 9.41. The van der Waals surface area contributed by atoms with Gasteiger partial charge in [0.1, 0.15) is 0 Å². The van der Waals surface area contributed by atoms with Gasteiger partial charge in [-0.2, -0.15) is 0 Å². The maximum Gasteiger partial charge on any atom is 0.338 e. The van der Waals surface area contributed by atoms with Crippen LogP contribution >= 0.6 is 0 Å². The molecule has 0 atom stereocenters. The Labute approximate surface area is 158 Å². The number of anilines is 1. The van der Waals surface area contributed by atoms with Crippen molar-refractivity contribution in [1.82, 2.24) is 4.90 Å². The van der Waals surface area contributed by atoms with Gasteiger partial charge in [-0.25, -0.2) is 4.79 Å². The zero-order valence-electron chi connectivity index (χ0n) is 15.9. The molecular weight excluding hydrogens is 348 g/mol. The van der Waals surface area contributed by atoms with E-state index in [9.17, 15) is 14.4 Å². The molecule has 27 heavy (non-hydrogen) atoms. The fourth-order valence-electron chi connectivity index (χ4n) is 2.75. The van der Waals surface area contributed by atoms with Crippen molar-refractivity contribution in [2.45, 2.75) is 39.8 Å². The van der Waals surface area contributed by atoms with Crippen molar-refractivity contribution >= 4 is 23.5 Å². The number of amides is 2. The smallest absolute Gasteiger partial charge is 0.338 e. The van der Waals surface area contributed by atoms with Crippen molar-refractivity contribution in [3.05, 3.63) is 54.0 Å². The summed E-state index contributed by atoms with van der Waals surface area (Å²) in [5, 5.41) is 2.65. The van der Waals surface area contributed by atoms with E-state index >= 15 is 0 Å². The topological polar surface area (TPSA) is 88.9 Å². The lowest BCUT2D eigenvalue weighted by Gasteiger charge is -2.30. The van der Waals surface area contributed by atoms with Gasteiger partial charge in [-0.1, -0.05) is 0 Å². The van der Waals surface area contributed by atoms with Gasteiger partial charge in [0, 0.05) is 17.8 Å². The molecule has 1 heterocycles. The van der Waals surface area contributed by atoms with Crippen LogP contribution in [0, 0.1) is 0 Å². The third-order valence-corrected chi connectivity index (χ3v) is 3.85. The van der Waals surface area contributed by atoms with Gasteiger partial charge in [-0.3, -0.25) is 9.59 Å². The second kappa shape index (κ2) is 9.02. The maximum atomic E-state index is 12.2. The number of esters is 1. The van der Waals surface area contributed by atoms with Crippen molar-refractivity contribution in [2.75, 3.05) is 11.9 Å². The molecule has 1 N–H and O–H groups in total. The highest BCUT2D eigenvalue weighted by molar-refractivity contribution is 6.02. The van der Waals surface area contributed by atoms with E-state index in [1.807, 2.05) is 27.7 Å². The molecule has 0 fully saturated rings. The van der Waals surface area contributed by atoms with Gasteiger partial charge < -0.3 is 19.4 Å². The molecule has 0 aliphatic rings. The van der Waals surface area contributed by atoms with E-state index in [2.05, 4.69) is 5.32 Å². The summed E-state index contributed by atoms with van der Waals surface area (Å²) in [5.74, 6) is -1.03.